The number of likely N-dealkylation sites (tertiary alicyclic amines) is 1. The molecule has 0 aliphatic carbocycles. The summed E-state index contributed by atoms with van der Waals surface area (Å²) in [4.78, 5) is 58.9. The molecular formula is C23H27N5O5S2. The van der Waals surface area contributed by atoms with Gasteiger partial charge in [0.05, 0.1) is 17.2 Å². The fraction of sp³-hybridized carbons (Fsp3) is 0.391. The first kappa shape index (κ1) is 26.4. The van der Waals surface area contributed by atoms with Crippen LogP contribution in [0.4, 0.5) is 0 Å². The van der Waals surface area contributed by atoms with Crippen LogP contribution < -0.4 is 10.9 Å². The quantitative estimate of drug-likeness (QED) is 0.171. The fourth-order valence-electron chi connectivity index (χ4n) is 3.46. The minimum atomic E-state index is -0.677. The van der Waals surface area contributed by atoms with E-state index in [1.165, 1.54) is 23.1 Å². The number of piperidine rings is 1. The summed E-state index contributed by atoms with van der Waals surface area (Å²) in [5.41, 5.74) is 5.21. The lowest BCUT2D eigenvalue weighted by Crippen LogP contribution is -2.42. The second-order valence-corrected chi connectivity index (χ2v) is 9.48. The second-order valence-electron chi connectivity index (χ2n) is 7.58. The second kappa shape index (κ2) is 13.0. The van der Waals surface area contributed by atoms with E-state index >= 15 is 0 Å². The summed E-state index contributed by atoms with van der Waals surface area (Å²) in [5, 5.41) is 3.13. The van der Waals surface area contributed by atoms with E-state index < -0.39 is 24.2 Å². The number of pyridine rings is 1. The van der Waals surface area contributed by atoms with Crippen molar-refractivity contribution < 1.29 is 23.9 Å². The summed E-state index contributed by atoms with van der Waals surface area (Å²) in [6.45, 7) is 6.68. The summed E-state index contributed by atoms with van der Waals surface area (Å²) in [6, 6.07) is 3.56. The summed E-state index contributed by atoms with van der Waals surface area (Å²) in [7, 11) is 0. The van der Waals surface area contributed by atoms with Crippen molar-refractivity contribution in [2.45, 2.75) is 37.1 Å². The highest BCUT2D eigenvalue weighted by Gasteiger charge is 2.28. The maximum atomic E-state index is 13.1. The zero-order valence-corrected chi connectivity index (χ0v) is 21.0. The normalized spacial score (nSPS) is 13.7. The molecule has 186 valence electrons. The lowest BCUT2D eigenvalue weighted by molar-refractivity contribution is -0.146. The van der Waals surface area contributed by atoms with Crippen molar-refractivity contribution in [3.63, 3.8) is 0 Å². The largest absolute Gasteiger partial charge is 0.466 e. The van der Waals surface area contributed by atoms with Crippen molar-refractivity contribution >= 4 is 46.8 Å². The van der Waals surface area contributed by atoms with Gasteiger partial charge in [0.15, 0.2) is 0 Å². The van der Waals surface area contributed by atoms with Crippen LogP contribution in [-0.4, -0.2) is 64.0 Å². The Morgan fingerprint density at radius 1 is 1.29 bits per heavy atom. The van der Waals surface area contributed by atoms with Gasteiger partial charge in [-0.3, -0.25) is 30.0 Å². The van der Waals surface area contributed by atoms with Gasteiger partial charge in [0.1, 0.15) is 17.1 Å². The molecule has 0 radical (unpaired) electrons. The topological polar surface area (TPSA) is 131 Å². The Morgan fingerprint density at radius 3 is 2.77 bits per heavy atom. The molecule has 2 N–H and O–H groups in total. The highest BCUT2D eigenvalue weighted by atomic mass is 32.2. The number of aromatic nitrogens is 2. The van der Waals surface area contributed by atoms with Gasteiger partial charge in [0.25, 0.3) is 11.8 Å². The molecular weight excluding hydrogens is 490 g/mol. The zero-order valence-electron chi connectivity index (χ0n) is 19.3. The average molecular weight is 518 g/mol. The van der Waals surface area contributed by atoms with Crippen molar-refractivity contribution in [1.82, 2.24) is 25.7 Å². The standard InChI is InChI=1S/C23H27N5O5S2/c1-3-12-34-22-16(6-5-9-24-22)23(32)28-10-7-15(8-11-28)21-25-17(14-35-21)20(31)27-26-18(29)13-19(30)33-4-2/h3,5-6,9,14-15H,1,4,7-8,10-13H2,2H3,(H,26,29)(H,27,31). The van der Waals surface area contributed by atoms with Crippen molar-refractivity contribution in [3.05, 3.63) is 52.6 Å². The van der Waals surface area contributed by atoms with Gasteiger partial charge in [-0.2, -0.15) is 0 Å². The molecule has 0 bridgehead atoms. The van der Waals surface area contributed by atoms with Crippen LogP contribution in [0.25, 0.3) is 0 Å². The lowest BCUT2D eigenvalue weighted by atomic mass is 9.97. The monoisotopic (exact) mass is 517 g/mol. The van der Waals surface area contributed by atoms with Crippen molar-refractivity contribution in [2.24, 2.45) is 0 Å². The molecule has 35 heavy (non-hydrogen) atoms. The first-order chi connectivity index (χ1) is 16.9. The first-order valence-electron chi connectivity index (χ1n) is 11.1. The summed E-state index contributed by atoms with van der Waals surface area (Å²) in [6.07, 6.45) is 4.43. The molecule has 0 saturated carbocycles. The summed E-state index contributed by atoms with van der Waals surface area (Å²) < 4.78 is 4.69. The maximum Gasteiger partial charge on any atom is 0.315 e. The first-order valence-corrected chi connectivity index (χ1v) is 13.0. The van der Waals surface area contributed by atoms with E-state index in [1.807, 2.05) is 4.90 Å². The molecule has 0 unspecified atom stereocenters. The van der Waals surface area contributed by atoms with Crippen LogP contribution in [0.3, 0.4) is 0 Å². The molecule has 0 atom stereocenters. The molecule has 3 rings (SSSR count). The number of thioether (sulfide) groups is 1. The number of carbonyl (C=O) groups is 4. The number of nitrogens with zero attached hydrogens (tertiary/aromatic N) is 3. The van der Waals surface area contributed by atoms with Gasteiger partial charge in [-0.1, -0.05) is 6.08 Å². The van der Waals surface area contributed by atoms with Gasteiger partial charge < -0.3 is 9.64 Å². The van der Waals surface area contributed by atoms with Crippen LogP contribution in [0.1, 0.15) is 58.0 Å². The molecule has 1 aliphatic heterocycles. The molecule has 3 heterocycles. The number of hydrazine groups is 1. The SMILES string of the molecule is C=CCSc1ncccc1C(=O)N1CCC(c2nc(C(=O)NNC(=O)CC(=O)OCC)cs2)CC1. The van der Waals surface area contributed by atoms with Gasteiger partial charge in [-0.25, -0.2) is 9.97 Å². The van der Waals surface area contributed by atoms with E-state index in [9.17, 15) is 19.2 Å². The zero-order chi connectivity index (χ0) is 25.2. The van der Waals surface area contributed by atoms with Crippen LogP contribution >= 0.6 is 23.1 Å². The molecule has 2 aromatic heterocycles. The van der Waals surface area contributed by atoms with E-state index in [0.717, 1.165) is 17.8 Å². The van der Waals surface area contributed by atoms with Crippen LogP contribution in [0.2, 0.25) is 0 Å². The Kier molecular flexibility index (Phi) is 9.79. The smallest absolute Gasteiger partial charge is 0.315 e. The number of esters is 1. The number of hydrogen-bond donors (Lipinski definition) is 2. The number of hydrogen-bond acceptors (Lipinski definition) is 9. The van der Waals surface area contributed by atoms with Crippen LogP contribution in [0, 0.1) is 0 Å². The number of amides is 3. The van der Waals surface area contributed by atoms with Crippen molar-refractivity contribution in [2.75, 3.05) is 25.4 Å². The molecule has 12 heteroatoms. The Morgan fingerprint density at radius 2 is 2.06 bits per heavy atom. The number of carbonyl (C=O) groups excluding carboxylic acids is 4. The number of thiazole rings is 1. The third-order valence-corrected chi connectivity index (χ3v) is 7.16. The predicted molar refractivity (Wildman–Crippen MR) is 132 cm³/mol. The van der Waals surface area contributed by atoms with E-state index in [0.29, 0.717) is 29.4 Å². The van der Waals surface area contributed by atoms with Gasteiger partial charge >= 0.3 is 5.97 Å². The highest BCUT2D eigenvalue weighted by Crippen LogP contribution is 2.31. The average Bonchev–Trinajstić information content (AvgIpc) is 3.36. The van der Waals surface area contributed by atoms with E-state index in [2.05, 4.69) is 32.1 Å². The van der Waals surface area contributed by atoms with E-state index in [4.69, 9.17) is 0 Å². The van der Waals surface area contributed by atoms with Gasteiger partial charge in [0.2, 0.25) is 5.91 Å². The molecule has 10 nitrogen and oxygen atoms in total. The van der Waals surface area contributed by atoms with Crippen LogP contribution in [0.15, 0.2) is 41.4 Å². The van der Waals surface area contributed by atoms with Crippen LogP contribution in [0.5, 0.6) is 0 Å². The lowest BCUT2D eigenvalue weighted by Gasteiger charge is -2.31. The van der Waals surface area contributed by atoms with Crippen LogP contribution in [-0.2, 0) is 14.3 Å². The number of nitrogens with one attached hydrogen (secondary N) is 2. The Hall–Kier alpha value is -3.25. The Labute approximate surface area is 211 Å². The Balaban J connectivity index is 1.51. The number of ether oxygens (including phenoxy) is 1. The van der Waals surface area contributed by atoms with Gasteiger partial charge in [-0.15, -0.1) is 29.7 Å². The molecule has 1 fully saturated rings. The highest BCUT2D eigenvalue weighted by molar-refractivity contribution is 7.99. The third-order valence-electron chi connectivity index (χ3n) is 5.15. The molecule has 1 aliphatic rings. The minimum absolute atomic E-state index is 0.0409. The molecule has 1 saturated heterocycles. The Bertz CT molecular complexity index is 1080. The predicted octanol–water partition coefficient (Wildman–Crippen LogP) is 2.55. The maximum absolute atomic E-state index is 13.1. The van der Waals surface area contributed by atoms with E-state index in [1.54, 1.807) is 36.7 Å². The van der Waals surface area contributed by atoms with Crippen molar-refractivity contribution in [3.8, 4) is 0 Å². The van der Waals surface area contributed by atoms with Gasteiger partial charge in [0, 0.05) is 36.3 Å². The molecule has 0 spiro atoms. The van der Waals surface area contributed by atoms with Gasteiger partial charge in [-0.05, 0) is 31.9 Å². The molecule has 3 amide bonds. The molecule has 0 aromatic carbocycles. The summed E-state index contributed by atoms with van der Waals surface area (Å²) >= 11 is 2.85. The molecule has 2 aromatic rings. The van der Waals surface area contributed by atoms with Crippen molar-refractivity contribution in [1.29, 1.82) is 0 Å². The third kappa shape index (κ3) is 7.36. The van der Waals surface area contributed by atoms with E-state index in [-0.39, 0.29) is 24.1 Å². The number of rotatable bonds is 9. The minimum Gasteiger partial charge on any atom is -0.466 e. The summed E-state index contributed by atoms with van der Waals surface area (Å²) in [5.74, 6) is -1.15. The fourth-order valence-corrected chi connectivity index (χ4v) is 5.16.